The summed E-state index contributed by atoms with van der Waals surface area (Å²) in [6.07, 6.45) is -0.235. The van der Waals surface area contributed by atoms with E-state index < -0.39 is 60.3 Å². The van der Waals surface area contributed by atoms with Crippen LogP contribution in [0.1, 0.15) is 52.6 Å². The number of rotatable bonds is 13. The monoisotopic (exact) mass is 647 g/mol. The van der Waals surface area contributed by atoms with Crippen LogP contribution in [0.2, 0.25) is 0 Å². The van der Waals surface area contributed by atoms with E-state index in [9.17, 15) is 32.8 Å². The Bertz CT molecular complexity index is 1540. The van der Waals surface area contributed by atoms with Crippen LogP contribution in [0.3, 0.4) is 0 Å². The quantitative estimate of drug-likeness (QED) is 0.180. The van der Waals surface area contributed by atoms with E-state index >= 15 is 0 Å². The van der Waals surface area contributed by atoms with Gasteiger partial charge in [0, 0.05) is 38.2 Å². The predicted molar refractivity (Wildman–Crippen MR) is 155 cm³/mol. The van der Waals surface area contributed by atoms with Gasteiger partial charge in [-0.15, -0.1) is 0 Å². The van der Waals surface area contributed by atoms with Crippen molar-refractivity contribution in [1.29, 1.82) is 0 Å². The highest BCUT2D eigenvalue weighted by atomic mass is 19.1. The molecule has 4 heterocycles. The van der Waals surface area contributed by atoms with Gasteiger partial charge in [0.2, 0.25) is 18.0 Å². The van der Waals surface area contributed by atoms with Crippen molar-refractivity contribution in [2.75, 3.05) is 52.9 Å². The van der Waals surface area contributed by atoms with E-state index in [2.05, 4.69) is 4.90 Å². The molecule has 2 atom stereocenters. The molecule has 3 aliphatic heterocycles. The Hall–Kier alpha value is -4.21. The van der Waals surface area contributed by atoms with E-state index in [0.29, 0.717) is 25.7 Å². The van der Waals surface area contributed by atoms with Crippen molar-refractivity contribution in [3.8, 4) is 5.75 Å². The van der Waals surface area contributed by atoms with E-state index in [1.165, 1.54) is 21.7 Å². The topological polar surface area (TPSA) is 143 Å². The summed E-state index contributed by atoms with van der Waals surface area (Å²) in [4.78, 5) is 68.1. The number of carbonyl (C=O) groups excluding carboxylic acids is 4. The number of morpholine rings is 1. The summed E-state index contributed by atoms with van der Waals surface area (Å²) in [5.41, 5.74) is -1.33. The first-order chi connectivity index (χ1) is 22.1. The fourth-order valence-corrected chi connectivity index (χ4v) is 5.61. The van der Waals surface area contributed by atoms with Crippen LogP contribution >= 0.6 is 0 Å². The first kappa shape index (κ1) is 33.2. The van der Waals surface area contributed by atoms with Gasteiger partial charge in [-0.2, -0.15) is 0 Å². The zero-order chi connectivity index (χ0) is 32.8. The van der Waals surface area contributed by atoms with Gasteiger partial charge in [-0.3, -0.25) is 24.1 Å². The Morgan fingerprint density at radius 3 is 2.61 bits per heavy atom. The summed E-state index contributed by atoms with van der Waals surface area (Å²) in [5, 5.41) is 0. The SMILES string of the molecule is C[C@H]1CO[C@@H]2Cn3cc(C(=O)CCc4ccc(F)cc4F)c(=O)c(OCOC(=O)OCC(=O)CCCN4CCOCC4)c3C(=O)N12. The van der Waals surface area contributed by atoms with Gasteiger partial charge in [0.15, 0.2) is 30.1 Å². The second-order valence-corrected chi connectivity index (χ2v) is 11.3. The van der Waals surface area contributed by atoms with Gasteiger partial charge in [-0.1, -0.05) is 6.07 Å². The van der Waals surface area contributed by atoms with Crippen LogP contribution in [0.4, 0.5) is 13.6 Å². The molecule has 0 spiro atoms. The fourth-order valence-electron chi connectivity index (χ4n) is 5.61. The molecule has 13 nitrogen and oxygen atoms in total. The third-order valence-electron chi connectivity index (χ3n) is 8.04. The van der Waals surface area contributed by atoms with E-state index in [1.807, 2.05) is 0 Å². The lowest BCUT2D eigenvalue weighted by Crippen LogP contribution is -2.49. The van der Waals surface area contributed by atoms with Crippen molar-refractivity contribution in [2.45, 2.75) is 51.4 Å². The second-order valence-electron chi connectivity index (χ2n) is 11.3. The summed E-state index contributed by atoms with van der Waals surface area (Å²) in [6, 6.07) is 2.69. The van der Waals surface area contributed by atoms with Crippen molar-refractivity contribution in [1.82, 2.24) is 14.4 Å². The number of benzene rings is 1. The number of carbonyl (C=O) groups is 4. The summed E-state index contributed by atoms with van der Waals surface area (Å²) < 4.78 is 55.0. The molecule has 2 fully saturated rings. The van der Waals surface area contributed by atoms with Crippen molar-refractivity contribution >= 4 is 23.6 Å². The number of amides is 1. The molecule has 5 rings (SSSR count). The van der Waals surface area contributed by atoms with Gasteiger partial charge in [-0.05, 0) is 37.9 Å². The van der Waals surface area contributed by atoms with Crippen molar-refractivity contribution in [3.63, 3.8) is 0 Å². The zero-order valence-corrected chi connectivity index (χ0v) is 25.3. The number of aromatic nitrogens is 1. The lowest BCUT2D eigenvalue weighted by atomic mass is 10.0. The van der Waals surface area contributed by atoms with Gasteiger partial charge in [0.05, 0.1) is 38.0 Å². The van der Waals surface area contributed by atoms with Crippen LogP contribution < -0.4 is 10.2 Å². The highest BCUT2D eigenvalue weighted by Gasteiger charge is 2.43. The maximum absolute atomic E-state index is 14.1. The summed E-state index contributed by atoms with van der Waals surface area (Å²) in [5.74, 6) is -3.65. The molecule has 2 saturated heterocycles. The highest BCUT2D eigenvalue weighted by molar-refractivity contribution is 6.00. The first-order valence-corrected chi connectivity index (χ1v) is 15.1. The fraction of sp³-hybridized carbons (Fsp3) is 0.516. The number of ether oxygens (including phenoxy) is 5. The predicted octanol–water partition coefficient (Wildman–Crippen LogP) is 2.31. The maximum Gasteiger partial charge on any atom is 0.511 e. The minimum Gasteiger partial charge on any atom is -0.451 e. The number of fused-ring (bicyclic) bond motifs is 2. The number of ketones is 2. The van der Waals surface area contributed by atoms with Crippen LogP contribution in [0.25, 0.3) is 0 Å². The summed E-state index contributed by atoms with van der Waals surface area (Å²) >= 11 is 0. The molecule has 3 aliphatic rings. The standard InChI is InChI=1S/C31H35F2N3O10/c1-19-16-43-26-15-35-14-23(25(38)7-5-20-4-6-21(32)13-24(20)33)28(39)29(27(35)30(40)36(19)26)45-18-46-31(41)44-17-22(37)3-2-8-34-9-11-42-12-10-34/h4,6,13-14,19,26H,2-3,5,7-12,15-18H2,1H3/t19-,26+/m0/s1. The number of aryl methyl sites for hydroxylation is 1. The molecule has 1 aromatic carbocycles. The third kappa shape index (κ3) is 7.77. The molecule has 2 aromatic rings. The Morgan fingerprint density at radius 1 is 1.07 bits per heavy atom. The second kappa shape index (κ2) is 14.9. The number of nitrogens with zero attached hydrogens (tertiary/aromatic N) is 3. The molecule has 15 heteroatoms. The molecule has 46 heavy (non-hydrogen) atoms. The summed E-state index contributed by atoms with van der Waals surface area (Å²) in [7, 11) is 0. The van der Waals surface area contributed by atoms with Crippen LogP contribution in [0.5, 0.6) is 5.75 Å². The van der Waals surface area contributed by atoms with Gasteiger partial charge < -0.3 is 33.2 Å². The number of halogens is 2. The molecular formula is C31H35F2N3O10. The molecule has 1 amide bonds. The molecule has 0 aliphatic carbocycles. The third-order valence-corrected chi connectivity index (χ3v) is 8.04. The Labute approximate surface area is 262 Å². The van der Waals surface area contributed by atoms with Gasteiger partial charge in [0.1, 0.15) is 11.6 Å². The lowest BCUT2D eigenvalue weighted by molar-refractivity contribution is -0.123. The lowest BCUT2D eigenvalue weighted by Gasteiger charge is -2.34. The molecule has 0 N–H and O–H groups in total. The average Bonchev–Trinajstić information content (AvgIpc) is 3.41. The van der Waals surface area contributed by atoms with E-state index in [1.54, 1.807) is 6.92 Å². The molecule has 0 radical (unpaired) electrons. The number of hydrogen-bond donors (Lipinski definition) is 0. The molecule has 248 valence electrons. The van der Waals surface area contributed by atoms with Crippen LogP contribution in [0, 0.1) is 11.6 Å². The average molecular weight is 648 g/mol. The number of pyridine rings is 1. The zero-order valence-electron chi connectivity index (χ0n) is 25.3. The Morgan fingerprint density at radius 2 is 1.85 bits per heavy atom. The minimum absolute atomic E-state index is 0.0888. The van der Waals surface area contributed by atoms with Gasteiger partial charge in [-0.25, -0.2) is 13.6 Å². The summed E-state index contributed by atoms with van der Waals surface area (Å²) in [6.45, 7) is 4.40. The first-order valence-electron chi connectivity index (χ1n) is 15.1. The van der Waals surface area contributed by atoms with Crippen LogP contribution in [-0.2, 0) is 36.7 Å². The smallest absolute Gasteiger partial charge is 0.451 e. The van der Waals surface area contributed by atoms with E-state index in [4.69, 9.17) is 23.7 Å². The van der Waals surface area contributed by atoms with Gasteiger partial charge >= 0.3 is 6.16 Å². The van der Waals surface area contributed by atoms with Crippen molar-refractivity contribution in [3.05, 3.63) is 63.1 Å². The Balaban J connectivity index is 1.23. The maximum atomic E-state index is 14.1. The van der Waals surface area contributed by atoms with Crippen molar-refractivity contribution in [2.24, 2.45) is 0 Å². The number of hydrogen-bond acceptors (Lipinski definition) is 11. The Kier molecular flexibility index (Phi) is 10.8. The molecule has 1 aromatic heterocycles. The minimum atomic E-state index is -1.22. The highest BCUT2D eigenvalue weighted by Crippen LogP contribution is 2.30. The molecule has 0 unspecified atom stereocenters. The molecule has 0 bridgehead atoms. The molecular weight excluding hydrogens is 612 g/mol. The normalized spacial score (nSPS) is 19.4. The van der Waals surface area contributed by atoms with Gasteiger partial charge in [0.25, 0.3) is 5.91 Å². The van der Waals surface area contributed by atoms with Crippen LogP contribution in [0.15, 0.2) is 29.2 Å². The number of Topliss-reactive ketones (excluding diaryl/α,β-unsaturated/α-hetero) is 2. The largest absolute Gasteiger partial charge is 0.511 e. The van der Waals surface area contributed by atoms with E-state index in [-0.39, 0.29) is 61.1 Å². The molecule has 0 saturated carbocycles. The van der Waals surface area contributed by atoms with Crippen LogP contribution in [-0.4, -0.2) is 103 Å². The van der Waals surface area contributed by atoms with Crippen molar-refractivity contribution < 1.29 is 51.6 Å². The van der Waals surface area contributed by atoms with E-state index in [0.717, 1.165) is 25.7 Å².